The molecule has 1 N–H and O–H groups in total. The van der Waals surface area contributed by atoms with Crippen LogP contribution >= 0.6 is 12.4 Å². The highest BCUT2D eigenvalue weighted by Crippen LogP contribution is 2.23. The van der Waals surface area contributed by atoms with E-state index in [2.05, 4.69) is 10.3 Å². The van der Waals surface area contributed by atoms with Crippen LogP contribution in [0, 0.1) is 5.95 Å². The van der Waals surface area contributed by atoms with Gasteiger partial charge in [-0.3, -0.25) is 0 Å². The maximum absolute atomic E-state index is 12.5. The van der Waals surface area contributed by atoms with Crippen molar-refractivity contribution < 1.29 is 4.39 Å². The van der Waals surface area contributed by atoms with Crippen molar-refractivity contribution in [2.75, 3.05) is 13.1 Å². The first-order valence-corrected chi connectivity index (χ1v) is 4.68. The topological polar surface area (TPSA) is 24.9 Å². The van der Waals surface area contributed by atoms with Crippen LogP contribution in [0.4, 0.5) is 4.39 Å². The maximum Gasteiger partial charge on any atom is 0.212 e. The molecule has 0 saturated carbocycles. The molecule has 0 amide bonds. The number of piperidine rings is 1. The van der Waals surface area contributed by atoms with E-state index in [1.165, 1.54) is 11.6 Å². The standard InChI is InChI=1S/C10H13FN2.ClH/c11-10-2-1-9(7-13-10)8-3-5-12-6-4-8;/h1-2,7-8,12H,3-6H2;1H. The monoisotopic (exact) mass is 216 g/mol. The minimum absolute atomic E-state index is 0. The van der Waals surface area contributed by atoms with Crippen molar-refractivity contribution in [3.8, 4) is 0 Å². The van der Waals surface area contributed by atoms with E-state index >= 15 is 0 Å². The van der Waals surface area contributed by atoms with E-state index in [0.717, 1.165) is 25.9 Å². The lowest BCUT2D eigenvalue weighted by molar-refractivity contribution is 0.458. The molecule has 1 fully saturated rings. The van der Waals surface area contributed by atoms with Crippen molar-refractivity contribution in [2.24, 2.45) is 0 Å². The molecule has 2 rings (SSSR count). The molecule has 2 heterocycles. The summed E-state index contributed by atoms with van der Waals surface area (Å²) in [5.41, 5.74) is 1.17. The molecule has 1 aliphatic rings. The number of rotatable bonds is 1. The van der Waals surface area contributed by atoms with Crippen LogP contribution in [0.2, 0.25) is 0 Å². The molecule has 1 saturated heterocycles. The Kier molecular flexibility index (Phi) is 4.29. The highest BCUT2D eigenvalue weighted by Gasteiger charge is 2.14. The Labute approximate surface area is 89.3 Å². The molecule has 1 aromatic rings. The first-order chi connectivity index (χ1) is 6.36. The fourth-order valence-electron chi connectivity index (χ4n) is 1.78. The molecular formula is C10H14ClFN2. The first-order valence-electron chi connectivity index (χ1n) is 4.68. The zero-order valence-electron chi connectivity index (χ0n) is 7.87. The predicted octanol–water partition coefficient (Wildman–Crippen LogP) is 2.11. The Morgan fingerprint density at radius 3 is 2.57 bits per heavy atom. The van der Waals surface area contributed by atoms with Crippen LogP contribution in [0.1, 0.15) is 24.3 Å². The van der Waals surface area contributed by atoms with Crippen molar-refractivity contribution in [1.82, 2.24) is 10.3 Å². The number of nitrogens with zero attached hydrogens (tertiary/aromatic N) is 1. The average molecular weight is 217 g/mol. The van der Waals surface area contributed by atoms with Gasteiger partial charge in [0.1, 0.15) is 0 Å². The first kappa shape index (κ1) is 11.4. The summed E-state index contributed by atoms with van der Waals surface area (Å²) in [6.45, 7) is 2.12. The predicted molar refractivity (Wildman–Crippen MR) is 56.3 cm³/mol. The molecule has 0 unspecified atom stereocenters. The number of nitrogens with one attached hydrogen (secondary N) is 1. The summed E-state index contributed by atoms with van der Waals surface area (Å²) in [6, 6.07) is 3.29. The Balaban J connectivity index is 0.000000980. The Bertz CT molecular complexity index is 270. The van der Waals surface area contributed by atoms with Gasteiger partial charge in [0.2, 0.25) is 5.95 Å². The van der Waals surface area contributed by atoms with Crippen molar-refractivity contribution in [2.45, 2.75) is 18.8 Å². The van der Waals surface area contributed by atoms with Gasteiger partial charge in [-0.2, -0.15) is 4.39 Å². The zero-order chi connectivity index (χ0) is 9.10. The van der Waals surface area contributed by atoms with E-state index in [1.54, 1.807) is 6.20 Å². The van der Waals surface area contributed by atoms with Gasteiger partial charge in [0, 0.05) is 6.20 Å². The number of aromatic nitrogens is 1. The van der Waals surface area contributed by atoms with Gasteiger partial charge in [0.15, 0.2) is 0 Å². The summed E-state index contributed by atoms with van der Waals surface area (Å²) in [6.07, 6.45) is 3.92. The van der Waals surface area contributed by atoms with Crippen molar-refractivity contribution in [1.29, 1.82) is 0 Å². The summed E-state index contributed by atoms with van der Waals surface area (Å²) < 4.78 is 12.5. The summed E-state index contributed by atoms with van der Waals surface area (Å²) in [7, 11) is 0. The molecule has 4 heteroatoms. The fraction of sp³-hybridized carbons (Fsp3) is 0.500. The van der Waals surface area contributed by atoms with E-state index in [0.29, 0.717) is 5.92 Å². The molecule has 2 nitrogen and oxygen atoms in total. The minimum atomic E-state index is -0.391. The van der Waals surface area contributed by atoms with Gasteiger partial charge in [-0.05, 0) is 43.5 Å². The lowest BCUT2D eigenvalue weighted by Gasteiger charge is -2.22. The van der Waals surface area contributed by atoms with E-state index in [4.69, 9.17) is 0 Å². The average Bonchev–Trinajstić information content (AvgIpc) is 2.20. The Hall–Kier alpha value is -0.670. The van der Waals surface area contributed by atoms with Crippen LogP contribution in [-0.4, -0.2) is 18.1 Å². The largest absolute Gasteiger partial charge is 0.317 e. The van der Waals surface area contributed by atoms with E-state index in [1.807, 2.05) is 6.07 Å². The normalized spacial score (nSPS) is 17.5. The second-order valence-corrected chi connectivity index (χ2v) is 3.44. The number of hydrogen-bond acceptors (Lipinski definition) is 2. The lowest BCUT2D eigenvalue weighted by atomic mass is 9.91. The van der Waals surface area contributed by atoms with Gasteiger partial charge < -0.3 is 5.32 Å². The van der Waals surface area contributed by atoms with Crippen molar-refractivity contribution in [3.63, 3.8) is 0 Å². The number of hydrogen-bond donors (Lipinski definition) is 1. The molecular weight excluding hydrogens is 203 g/mol. The minimum Gasteiger partial charge on any atom is -0.317 e. The van der Waals surface area contributed by atoms with Crippen molar-refractivity contribution in [3.05, 3.63) is 29.8 Å². The van der Waals surface area contributed by atoms with Gasteiger partial charge in [-0.1, -0.05) is 6.07 Å². The molecule has 14 heavy (non-hydrogen) atoms. The molecule has 0 atom stereocenters. The summed E-state index contributed by atoms with van der Waals surface area (Å²) in [4.78, 5) is 3.67. The quantitative estimate of drug-likeness (QED) is 0.728. The van der Waals surface area contributed by atoms with Crippen LogP contribution in [0.15, 0.2) is 18.3 Å². The van der Waals surface area contributed by atoms with Crippen LogP contribution < -0.4 is 5.32 Å². The summed E-state index contributed by atoms with van der Waals surface area (Å²) in [5.74, 6) is 0.173. The molecule has 1 aliphatic heterocycles. The van der Waals surface area contributed by atoms with Gasteiger partial charge in [-0.15, -0.1) is 12.4 Å². The van der Waals surface area contributed by atoms with Crippen LogP contribution in [0.3, 0.4) is 0 Å². The molecule has 0 aliphatic carbocycles. The second-order valence-electron chi connectivity index (χ2n) is 3.44. The summed E-state index contributed by atoms with van der Waals surface area (Å²) >= 11 is 0. The third kappa shape index (κ3) is 2.66. The van der Waals surface area contributed by atoms with Crippen LogP contribution in [0.25, 0.3) is 0 Å². The number of pyridine rings is 1. The van der Waals surface area contributed by atoms with Gasteiger partial charge in [-0.25, -0.2) is 4.98 Å². The number of halogens is 2. The summed E-state index contributed by atoms with van der Waals surface area (Å²) in [5, 5.41) is 3.30. The molecule has 0 aromatic carbocycles. The second kappa shape index (κ2) is 5.27. The van der Waals surface area contributed by atoms with E-state index in [9.17, 15) is 4.39 Å². The molecule has 0 radical (unpaired) electrons. The van der Waals surface area contributed by atoms with E-state index in [-0.39, 0.29) is 12.4 Å². The van der Waals surface area contributed by atoms with Crippen LogP contribution in [-0.2, 0) is 0 Å². The molecule has 0 spiro atoms. The van der Waals surface area contributed by atoms with Crippen LogP contribution in [0.5, 0.6) is 0 Å². The highest BCUT2D eigenvalue weighted by atomic mass is 35.5. The smallest absolute Gasteiger partial charge is 0.212 e. The molecule has 78 valence electrons. The fourth-order valence-corrected chi connectivity index (χ4v) is 1.78. The third-order valence-corrected chi connectivity index (χ3v) is 2.56. The van der Waals surface area contributed by atoms with Gasteiger partial charge in [0.05, 0.1) is 0 Å². The maximum atomic E-state index is 12.5. The molecule has 1 aromatic heterocycles. The zero-order valence-corrected chi connectivity index (χ0v) is 8.69. The highest BCUT2D eigenvalue weighted by molar-refractivity contribution is 5.85. The van der Waals surface area contributed by atoms with Gasteiger partial charge >= 0.3 is 0 Å². The lowest BCUT2D eigenvalue weighted by Crippen LogP contribution is -2.26. The van der Waals surface area contributed by atoms with Gasteiger partial charge in [0.25, 0.3) is 0 Å². The van der Waals surface area contributed by atoms with E-state index < -0.39 is 5.95 Å². The Morgan fingerprint density at radius 2 is 2.00 bits per heavy atom. The third-order valence-electron chi connectivity index (χ3n) is 2.56. The Morgan fingerprint density at radius 1 is 1.29 bits per heavy atom. The molecule has 0 bridgehead atoms. The van der Waals surface area contributed by atoms with Crippen molar-refractivity contribution >= 4 is 12.4 Å². The SMILES string of the molecule is Cl.Fc1ccc(C2CCNCC2)cn1.